The number of amides is 1. The van der Waals surface area contributed by atoms with Crippen LogP contribution in [0.4, 0.5) is 11.5 Å². The second kappa shape index (κ2) is 9.21. The van der Waals surface area contributed by atoms with Crippen molar-refractivity contribution in [1.82, 2.24) is 9.97 Å². The normalized spacial score (nSPS) is 16.0. The first-order chi connectivity index (χ1) is 11.4. The lowest BCUT2D eigenvalue weighted by atomic mass is 10.0. The van der Waals surface area contributed by atoms with Crippen LogP contribution in [0.1, 0.15) is 52.8 Å². The molecule has 1 aliphatic rings. The lowest BCUT2D eigenvalue weighted by molar-refractivity contribution is -0.117. The van der Waals surface area contributed by atoms with Crippen LogP contribution in [0.15, 0.2) is 31.0 Å². The van der Waals surface area contributed by atoms with Gasteiger partial charge in [0.2, 0.25) is 5.91 Å². The van der Waals surface area contributed by atoms with Gasteiger partial charge in [0.15, 0.2) is 5.82 Å². The van der Waals surface area contributed by atoms with Gasteiger partial charge in [0.1, 0.15) is 17.6 Å². The van der Waals surface area contributed by atoms with E-state index >= 15 is 0 Å². The average Bonchev–Trinajstić information content (AvgIpc) is 2.57. The molecule has 1 aromatic rings. The van der Waals surface area contributed by atoms with E-state index < -0.39 is 0 Å². The standard InChI is InChI=1S/C14H22N4O.C5H8/c1-5-10(6-2)18-12(7-3)14(19)17-11-8-15-9(4)16-13(11)18;1-4-5(2)3/h8,10,12H,5-7H2,1-4H3,(H,17,19);4H,1-2H2,3H3/t12-;/m1./s1. The van der Waals surface area contributed by atoms with Crippen LogP contribution in [-0.2, 0) is 4.79 Å². The van der Waals surface area contributed by atoms with Crippen LogP contribution < -0.4 is 10.2 Å². The second-order valence-corrected chi connectivity index (χ2v) is 6.00. The molecule has 1 aliphatic heterocycles. The van der Waals surface area contributed by atoms with Crippen molar-refractivity contribution >= 4 is 17.4 Å². The Morgan fingerprint density at radius 2 is 2.00 bits per heavy atom. The number of carbonyl (C=O) groups is 1. The first-order valence-corrected chi connectivity index (χ1v) is 8.60. The third kappa shape index (κ3) is 4.66. The highest BCUT2D eigenvalue weighted by molar-refractivity contribution is 6.02. The molecule has 1 amide bonds. The quantitative estimate of drug-likeness (QED) is 0.820. The number of allylic oxidation sites excluding steroid dienone is 2. The van der Waals surface area contributed by atoms with E-state index in [4.69, 9.17) is 0 Å². The summed E-state index contributed by atoms with van der Waals surface area (Å²) in [7, 11) is 0. The number of aryl methyl sites for hydroxylation is 1. The van der Waals surface area contributed by atoms with Crippen molar-refractivity contribution in [2.24, 2.45) is 0 Å². The zero-order valence-corrected chi connectivity index (χ0v) is 15.6. The third-order valence-corrected chi connectivity index (χ3v) is 4.10. The van der Waals surface area contributed by atoms with Crippen LogP contribution >= 0.6 is 0 Å². The number of nitrogens with zero attached hydrogens (tertiary/aromatic N) is 3. The van der Waals surface area contributed by atoms with Gasteiger partial charge >= 0.3 is 0 Å². The number of rotatable bonds is 5. The van der Waals surface area contributed by atoms with Crippen molar-refractivity contribution in [2.75, 3.05) is 10.2 Å². The molecule has 2 rings (SSSR count). The molecule has 2 heterocycles. The van der Waals surface area contributed by atoms with E-state index in [-0.39, 0.29) is 11.9 Å². The molecule has 0 saturated heterocycles. The molecule has 0 radical (unpaired) electrons. The van der Waals surface area contributed by atoms with Gasteiger partial charge in [-0.25, -0.2) is 9.97 Å². The highest BCUT2D eigenvalue weighted by Crippen LogP contribution is 2.33. The third-order valence-electron chi connectivity index (χ3n) is 4.10. The van der Waals surface area contributed by atoms with Gasteiger partial charge in [-0.1, -0.05) is 45.6 Å². The van der Waals surface area contributed by atoms with Gasteiger partial charge in [0.25, 0.3) is 0 Å². The van der Waals surface area contributed by atoms with Crippen LogP contribution in [0.2, 0.25) is 0 Å². The minimum Gasteiger partial charge on any atom is -0.340 e. The number of aromatic nitrogens is 2. The van der Waals surface area contributed by atoms with E-state index in [1.54, 1.807) is 12.3 Å². The summed E-state index contributed by atoms with van der Waals surface area (Å²) in [4.78, 5) is 23.1. The lowest BCUT2D eigenvalue weighted by Gasteiger charge is -2.41. The van der Waals surface area contributed by atoms with E-state index in [1.807, 2.05) is 20.8 Å². The minimum atomic E-state index is -0.133. The summed E-state index contributed by atoms with van der Waals surface area (Å²) in [6, 6.07) is 0.204. The van der Waals surface area contributed by atoms with Crippen LogP contribution in [0.25, 0.3) is 0 Å². The molecule has 0 aliphatic carbocycles. The summed E-state index contributed by atoms with van der Waals surface area (Å²) in [6.07, 6.45) is 6.22. The fraction of sp³-hybridized carbons (Fsp3) is 0.526. The summed E-state index contributed by atoms with van der Waals surface area (Å²) < 4.78 is 0. The molecule has 5 nitrogen and oxygen atoms in total. The van der Waals surface area contributed by atoms with Gasteiger partial charge in [-0.2, -0.15) is 0 Å². The zero-order chi connectivity index (χ0) is 18.3. The Balaban J connectivity index is 0.000000505. The Morgan fingerprint density at radius 1 is 1.42 bits per heavy atom. The molecule has 0 unspecified atom stereocenters. The molecule has 1 atom stereocenters. The number of hydrogen-bond acceptors (Lipinski definition) is 4. The Morgan fingerprint density at radius 3 is 2.46 bits per heavy atom. The molecule has 132 valence electrons. The molecule has 24 heavy (non-hydrogen) atoms. The summed E-state index contributed by atoms with van der Waals surface area (Å²) in [5.41, 5.74) is 1.75. The summed E-state index contributed by atoms with van der Waals surface area (Å²) in [6.45, 7) is 17.2. The molecule has 1 aromatic heterocycles. The lowest BCUT2D eigenvalue weighted by Crippen LogP contribution is -2.52. The maximum atomic E-state index is 12.2. The zero-order valence-electron chi connectivity index (χ0n) is 15.6. The predicted molar refractivity (Wildman–Crippen MR) is 101 cm³/mol. The van der Waals surface area contributed by atoms with E-state index in [9.17, 15) is 4.79 Å². The number of hydrogen-bond donors (Lipinski definition) is 1. The van der Waals surface area contributed by atoms with Crippen LogP contribution in [0.3, 0.4) is 0 Å². The first kappa shape index (κ1) is 19.9. The van der Waals surface area contributed by atoms with E-state index in [0.29, 0.717) is 6.04 Å². The Bertz CT molecular complexity index is 593. The van der Waals surface area contributed by atoms with E-state index in [1.165, 1.54) is 0 Å². The van der Waals surface area contributed by atoms with Gasteiger partial charge < -0.3 is 10.2 Å². The molecule has 0 fully saturated rings. The molecule has 0 saturated carbocycles. The highest BCUT2D eigenvalue weighted by Gasteiger charge is 2.36. The van der Waals surface area contributed by atoms with Crippen molar-refractivity contribution < 1.29 is 4.79 Å². The van der Waals surface area contributed by atoms with Gasteiger partial charge in [-0.15, -0.1) is 0 Å². The van der Waals surface area contributed by atoms with Gasteiger partial charge in [0, 0.05) is 6.04 Å². The van der Waals surface area contributed by atoms with E-state index in [2.05, 4.69) is 47.2 Å². The van der Waals surface area contributed by atoms with Crippen molar-refractivity contribution in [3.8, 4) is 0 Å². The van der Waals surface area contributed by atoms with Crippen molar-refractivity contribution in [1.29, 1.82) is 0 Å². The SMILES string of the molecule is C=CC(=C)C.CCC(CC)N1c2nc(C)ncc2NC(=O)[C@H]1CC. The minimum absolute atomic E-state index is 0.0503. The average molecular weight is 330 g/mol. The number of carbonyl (C=O) groups excluding carboxylic acids is 1. The Kier molecular flexibility index (Phi) is 7.62. The molecular formula is C19H30N4O. The molecular weight excluding hydrogens is 300 g/mol. The second-order valence-electron chi connectivity index (χ2n) is 6.00. The predicted octanol–water partition coefficient (Wildman–Crippen LogP) is 4.26. The maximum Gasteiger partial charge on any atom is 0.247 e. The van der Waals surface area contributed by atoms with Crippen molar-refractivity contribution in [2.45, 2.75) is 66.0 Å². The fourth-order valence-corrected chi connectivity index (χ4v) is 2.72. The van der Waals surface area contributed by atoms with Gasteiger partial charge in [0.05, 0.1) is 6.20 Å². The fourth-order valence-electron chi connectivity index (χ4n) is 2.72. The van der Waals surface area contributed by atoms with Crippen molar-refractivity contribution in [3.63, 3.8) is 0 Å². The molecule has 0 bridgehead atoms. The maximum absolute atomic E-state index is 12.2. The van der Waals surface area contributed by atoms with Crippen molar-refractivity contribution in [3.05, 3.63) is 36.8 Å². The Labute approximate surface area is 145 Å². The summed E-state index contributed by atoms with van der Waals surface area (Å²) in [5, 5.41) is 2.92. The largest absolute Gasteiger partial charge is 0.340 e. The summed E-state index contributed by atoms with van der Waals surface area (Å²) in [5.74, 6) is 1.66. The number of fused-ring (bicyclic) bond motifs is 1. The van der Waals surface area contributed by atoms with Crippen LogP contribution in [-0.4, -0.2) is 28.0 Å². The summed E-state index contributed by atoms with van der Waals surface area (Å²) >= 11 is 0. The Hall–Kier alpha value is -2.17. The number of anilines is 2. The topological polar surface area (TPSA) is 58.1 Å². The monoisotopic (exact) mass is 330 g/mol. The first-order valence-electron chi connectivity index (χ1n) is 8.60. The van der Waals surface area contributed by atoms with E-state index in [0.717, 1.165) is 42.2 Å². The van der Waals surface area contributed by atoms with Gasteiger partial charge in [-0.3, -0.25) is 4.79 Å². The molecule has 5 heteroatoms. The molecule has 0 aromatic carbocycles. The molecule has 0 spiro atoms. The smallest absolute Gasteiger partial charge is 0.247 e. The van der Waals surface area contributed by atoms with Crippen LogP contribution in [0.5, 0.6) is 0 Å². The molecule has 1 N–H and O–H groups in total. The van der Waals surface area contributed by atoms with Crippen LogP contribution in [0, 0.1) is 6.92 Å². The van der Waals surface area contributed by atoms with Gasteiger partial charge in [-0.05, 0) is 33.1 Å². The highest BCUT2D eigenvalue weighted by atomic mass is 16.2. The number of nitrogens with one attached hydrogen (secondary N) is 1.